The maximum absolute atomic E-state index is 12.1. The molecular formula is C22H17N5O. The summed E-state index contributed by atoms with van der Waals surface area (Å²) >= 11 is 0. The normalized spacial score (nSPS) is 10.9. The molecule has 28 heavy (non-hydrogen) atoms. The number of nitrogens with one attached hydrogen (secondary N) is 1. The van der Waals surface area contributed by atoms with Gasteiger partial charge in [-0.25, -0.2) is 10.1 Å². The van der Waals surface area contributed by atoms with Gasteiger partial charge in [0, 0.05) is 29.7 Å². The number of aromatic nitrogens is 3. The number of pyridine rings is 1. The largest absolute Gasteiger partial charge is 0.272 e. The van der Waals surface area contributed by atoms with Gasteiger partial charge in [-0.05, 0) is 24.3 Å². The van der Waals surface area contributed by atoms with Crippen LogP contribution >= 0.6 is 0 Å². The summed E-state index contributed by atoms with van der Waals surface area (Å²) in [6.45, 7) is 0. The van der Waals surface area contributed by atoms with Gasteiger partial charge in [0.15, 0.2) is 0 Å². The van der Waals surface area contributed by atoms with E-state index in [1.165, 1.54) is 6.20 Å². The van der Waals surface area contributed by atoms with Crippen molar-refractivity contribution in [2.45, 2.75) is 0 Å². The monoisotopic (exact) mass is 367 g/mol. The zero-order chi connectivity index (χ0) is 19.2. The zero-order valence-electron chi connectivity index (χ0n) is 14.9. The van der Waals surface area contributed by atoms with Crippen molar-refractivity contribution < 1.29 is 4.79 Å². The summed E-state index contributed by atoms with van der Waals surface area (Å²) in [5.41, 5.74) is 6.46. The number of carbonyl (C=O) groups excluding carboxylic acids is 1. The van der Waals surface area contributed by atoms with Gasteiger partial charge in [0.1, 0.15) is 5.69 Å². The molecule has 1 N–H and O–H groups in total. The Balaban J connectivity index is 1.63. The second-order valence-corrected chi connectivity index (χ2v) is 6.02. The fourth-order valence-electron chi connectivity index (χ4n) is 2.74. The summed E-state index contributed by atoms with van der Waals surface area (Å²) < 4.78 is 1.80. The fourth-order valence-corrected chi connectivity index (χ4v) is 2.74. The van der Waals surface area contributed by atoms with Gasteiger partial charge >= 0.3 is 0 Å². The molecule has 2 aromatic carbocycles. The molecule has 0 unspecified atom stereocenters. The van der Waals surface area contributed by atoms with Gasteiger partial charge in [-0.2, -0.15) is 10.2 Å². The highest BCUT2D eigenvalue weighted by Gasteiger charge is 2.11. The number of nitrogens with zero attached hydrogens (tertiary/aromatic N) is 4. The van der Waals surface area contributed by atoms with Crippen molar-refractivity contribution in [2.75, 3.05) is 0 Å². The van der Waals surface area contributed by atoms with Crippen LogP contribution in [0.4, 0.5) is 0 Å². The van der Waals surface area contributed by atoms with Crippen LogP contribution in [-0.4, -0.2) is 26.9 Å². The van der Waals surface area contributed by atoms with Crippen LogP contribution in [0.2, 0.25) is 0 Å². The van der Waals surface area contributed by atoms with Crippen LogP contribution in [0.25, 0.3) is 16.9 Å². The molecule has 6 nitrogen and oxygen atoms in total. The summed E-state index contributed by atoms with van der Waals surface area (Å²) in [6.07, 6.45) is 6.60. The third-order valence-corrected chi connectivity index (χ3v) is 4.10. The van der Waals surface area contributed by atoms with E-state index >= 15 is 0 Å². The number of amides is 1. The molecule has 0 aliphatic carbocycles. The van der Waals surface area contributed by atoms with Crippen LogP contribution in [0.3, 0.4) is 0 Å². The van der Waals surface area contributed by atoms with Crippen LogP contribution in [0.5, 0.6) is 0 Å². The lowest BCUT2D eigenvalue weighted by atomic mass is 10.1. The van der Waals surface area contributed by atoms with E-state index in [0.29, 0.717) is 5.56 Å². The third kappa shape index (κ3) is 3.86. The van der Waals surface area contributed by atoms with Crippen LogP contribution in [0.15, 0.2) is 96.5 Å². The molecule has 0 aliphatic rings. The number of benzene rings is 2. The van der Waals surface area contributed by atoms with Crippen molar-refractivity contribution >= 4 is 12.1 Å². The van der Waals surface area contributed by atoms with Crippen molar-refractivity contribution in [3.8, 4) is 16.9 Å². The van der Waals surface area contributed by atoms with E-state index < -0.39 is 0 Å². The molecule has 0 bridgehead atoms. The molecule has 136 valence electrons. The van der Waals surface area contributed by atoms with Gasteiger partial charge < -0.3 is 0 Å². The Morgan fingerprint density at radius 2 is 1.71 bits per heavy atom. The lowest BCUT2D eigenvalue weighted by molar-refractivity contribution is 0.0955. The molecule has 0 fully saturated rings. The molecule has 0 spiro atoms. The molecular weight excluding hydrogens is 350 g/mol. The Bertz CT molecular complexity index is 1090. The third-order valence-electron chi connectivity index (χ3n) is 4.10. The standard InChI is InChI=1S/C22H17N5O/c28-22(18-10-7-13-23-14-18)25-24-15-19-16-27(20-11-5-2-6-12-20)26-21(19)17-8-3-1-4-9-17/h1-16H,(H,25,28). The molecule has 0 saturated carbocycles. The maximum atomic E-state index is 12.1. The van der Waals surface area contributed by atoms with Gasteiger partial charge in [0.05, 0.1) is 17.5 Å². The Morgan fingerprint density at radius 1 is 0.964 bits per heavy atom. The van der Waals surface area contributed by atoms with Gasteiger partial charge in [0.2, 0.25) is 0 Å². The highest BCUT2D eigenvalue weighted by atomic mass is 16.2. The quantitative estimate of drug-likeness (QED) is 0.432. The number of rotatable bonds is 5. The molecule has 4 aromatic rings. The van der Waals surface area contributed by atoms with Gasteiger partial charge in [0.25, 0.3) is 5.91 Å². The van der Waals surface area contributed by atoms with Crippen molar-refractivity contribution in [1.82, 2.24) is 20.2 Å². The van der Waals surface area contributed by atoms with E-state index in [9.17, 15) is 4.79 Å². The minimum absolute atomic E-state index is 0.318. The van der Waals surface area contributed by atoms with Crippen LogP contribution < -0.4 is 5.43 Å². The minimum Gasteiger partial charge on any atom is -0.267 e. The molecule has 0 atom stereocenters. The summed E-state index contributed by atoms with van der Waals surface area (Å²) in [6, 6.07) is 23.1. The molecule has 0 aliphatic heterocycles. The number of para-hydroxylation sites is 1. The second-order valence-electron chi connectivity index (χ2n) is 6.02. The van der Waals surface area contributed by atoms with Crippen LogP contribution in [0.1, 0.15) is 15.9 Å². The molecule has 6 heteroatoms. The van der Waals surface area contributed by atoms with Crippen LogP contribution in [0, 0.1) is 0 Å². The highest BCUT2D eigenvalue weighted by Crippen LogP contribution is 2.22. The van der Waals surface area contributed by atoms with Gasteiger partial charge in [-0.1, -0.05) is 48.5 Å². The summed E-state index contributed by atoms with van der Waals surface area (Å²) in [5, 5.41) is 8.81. The van der Waals surface area contributed by atoms with E-state index in [0.717, 1.165) is 22.5 Å². The first-order valence-electron chi connectivity index (χ1n) is 8.75. The highest BCUT2D eigenvalue weighted by molar-refractivity contribution is 5.95. The topological polar surface area (TPSA) is 72.2 Å². The first-order valence-corrected chi connectivity index (χ1v) is 8.75. The molecule has 1 amide bonds. The number of carbonyl (C=O) groups is 1. The Morgan fingerprint density at radius 3 is 2.43 bits per heavy atom. The maximum Gasteiger partial charge on any atom is 0.272 e. The molecule has 4 rings (SSSR count). The average Bonchev–Trinajstić information content (AvgIpc) is 3.20. The molecule has 0 saturated heterocycles. The Labute approximate surface area is 162 Å². The zero-order valence-corrected chi connectivity index (χ0v) is 14.9. The lowest BCUT2D eigenvalue weighted by Crippen LogP contribution is -2.17. The van der Waals surface area contributed by atoms with Gasteiger partial charge in [-0.3, -0.25) is 9.78 Å². The van der Waals surface area contributed by atoms with Gasteiger partial charge in [-0.15, -0.1) is 0 Å². The summed E-state index contributed by atoms with van der Waals surface area (Å²) in [7, 11) is 0. The number of hydrogen-bond acceptors (Lipinski definition) is 4. The van der Waals surface area contributed by atoms with E-state index in [1.807, 2.05) is 66.9 Å². The predicted molar refractivity (Wildman–Crippen MR) is 108 cm³/mol. The predicted octanol–water partition coefficient (Wildman–Crippen LogP) is 3.70. The molecule has 2 aromatic heterocycles. The number of hydrazone groups is 1. The lowest BCUT2D eigenvalue weighted by Gasteiger charge is -2.00. The smallest absolute Gasteiger partial charge is 0.267 e. The average molecular weight is 367 g/mol. The van der Waals surface area contributed by atoms with Crippen molar-refractivity contribution in [3.63, 3.8) is 0 Å². The number of hydrogen-bond donors (Lipinski definition) is 1. The fraction of sp³-hybridized carbons (Fsp3) is 0. The summed E-state index contributed by atoms with van der Waals surface area (Å²) in [5.74, 6) is -0.318. The Hall–Kier alpha value is -4.06. The Kier molecular flexibility index (Phi) is 5.02. The SMILES string of the molecule is O=C(NN=Cc1cn(-c2ccccc2)nc1-c1ccccc1)c1cccnc1. The minimum atomic E-state index is -0.318. The van der Waals surface area contributed by atoms with Crippen molar-refractivity contribution in [2.24, 2.45) is 5.10 Å². The molecule has 0 radical (unpaired) electrons. The molecule has 2 heterocycles. The first-order chi connectivity index (χ1) is 13.8. The van der Waals surface area contributed by atoms with E-state index in [4.69, 9.17) is 5.10 Å². The van der Waals surface area contributed by atoms with Crippen molar-refractivity contribution in [1.29, 1.82) is 0 Å². The van der Waals surface area contributed by atoms with Crippen LogP contribution in [-0.2, 0) is 0 Å². The van der Waals surface area contributed by atoms with E-state index in [2.05, 4.69) is 15.5 Å². The second kappa shape index (κ2) is 8.09. The van der Waals surface area contributed by atoms with E-state index in [-0.39, 0.29) is 5.91 Å². The van der Waals surface area contributed by atoms with Crippen molar-refractivity contribution in [3.05, 3.63) is 103 Å². The summed E-state index contributed by atoms with van der Waals surface area (Å²) in [4.78, 5) is 16.1. The first kappa shape index (κ1) is 17.4. The van der Waals surface area contributed by atoms with E-state index in [1.54, 1.807) is 29.2 Å².